The summed E-state index contributed by atoms with van der Waals surface area (Å²) in [6, 6.07) is 3.85. The highest BCUT2D eigenvalue weighted by atomic mass is 15.3. The van der Waals surface area contributed by atoms with E-state index in [1.807, 2.05) is 30.7 Å². The Kier molecular flexibility index (Phi) is 2.26. The molecular weight excluding hydrogens is 176 g/mol. The van der Waals surface area contributed by atoms with E-state index in [1.165, 1.54) is 0 Å². The van der Waals surface area contributed by atoms with Gasteiger partial charge in [0.15, 0.2) is 0 Å². The fourth-order valence-corrected chi connectivity index (χ4v) is 1.38. The van der Waals surface area contributed by atoms with Crippen molar-refractivity contribution in [1.29, 1.82) is 0 Å². The van der Waals surface area contributed by atoms with E-state index in [2.05, 4.69) is 15.1 Å². The standard InChI is InChI=1S/C10H12N4/c1-8-6-9(2)14(13-8)7-10-11-4-3-5-12-10/h3-6H,7H2,1-2H3. The molecule has 0 N–H and O–H groups in total. The Bertz CT molecular complexity index is 419. The molecule has 0 aliphatic heterocycles. The highest BCUT2D eigenvalue weighted by Crippen LogP contribution is 2.03. The fraction of sp³-hybridized carbons (Fsp3) is 0.300. The summed E-state index contributed by atoms with van der Waals surface area (Å²) in [4.78, 5) is 8.30. The second-order valence-electron chi connectivity index (χ2n) is 3.25. The summed E-state index contributed by atoms with van der Waals surface area (Å²) >= 11 is 0. The molecule has 4 nitrogen and oxygen atoms in total. The molecule has 2 aromatic heterocycles. The molecule has 0 saturated heterocycles. The van der Waals surface area contributed by atoms with Gasteiger partial charge in [-0.1, -0.05) is 0 Å². The first-order valence-electron chi connectivity index (χ1n) is 4.52. The number of rotatable bonds is 2. The summed E-state index contributed by atoms with van der Waals surface area (Å²) in [5.41, 5.74) is 2.16. The van der Waals surface area contributed by atoms with Gasteiger partial charge in [0.05, 0.1) is 5.69 Å². The maximum atomic E-state index is 4.34. The van der Waals surface area contributed by atoms with Gasteiger partial charge in [0.25, 0.3) is 0 Å². The van der Waals surface area contributed by atoms with Gasteiger partial charge in [0, 0.05) is 18.1 Å². The predicted octanol–water partition coefficient (Wildman–Crippen LogP) is 1.34. The van der Waals surface area contributed by atoms with E-state index in [0.717, 1.165) is 17.2 Å². The van der Waals surface area contributed by atoms with Crippen molar-refractivity contribution in [2.75, 3.05) is 0 Å². The molecule has 0 aliphatic carbocycles. The lowest BCUT2D eigenvalue weighted by Gasteiger charge is -2.01. The molecule has 2 aromatic rings. The highest BCUT2D eigenvalue weighted by Gasteiger charge is 2.02. The second kappa shape index (κ2) is 3.57. The summed E-state index contributed by atoms with van der Waals surface area (Å²) < 4.78 is 1.91. The van der Waals surface area contributed by atoms with E-state index in [9.17, 15) is 0 Å². The Labute approximate surface area is 82.6 Å². The summed E-state index contributed by atoms with van der Waals surface area (Å²) in [6.07, 6.45) is 3.49. The molecule has 0 aliphatic rings. The van der Waals surface area contributed by atoms with Gasteiger partial charge in [-0.25, -0.2) is 9.97 Å². The van der Waals surface area contributed by atoms with Crippen LogP contribution in [0.2, 0.25) is 0 Å². The van der Waals surface area contributed by atoms with Gasteiger partial charge in [0.1, 0.15) is 12.4 Å². The molecule has 0 spiro atoms. The molecule has 0 unspecified atom stereocenters. The lowest BCUT2D eigenvalue weighted by molar-refractivity contribution is 0.631. The van der Waals surface area contributed by atoms with Crippen molar-refractivity contribution in [2.24, 2.45) is 0 Å². The Morgan fingerprint density at radius 2 is 1.93 bits per heavy atom. The third kappa shape index (κ3) is 1.79. The Balaban J connectivity index is 2.23. The minimum Gasteiger partial charge on any atom is -0.262 e. The summed E-state index contributed by atoms with van der Waals surface area (Å²) in [7, 11) is 0. The maximum absolute atomic E-state index is 4.34. The SMILES string of the molecule is Cc1cc(C)n(Cc2ncccn2)n1. The van der Waals surface area contributed by atoms with Crippen LogP contribution in [0.5, 0.6) is 0 Å². The van der Waals surface area contributed by atoms with Crippen LogP contribution in [0.1, 0.15) is 17.2 Å². The van der Waals surface area contributed by atoms with E-state index in [-0.39, 0.29) is 0 Å². The van der Waals surface area contributed by atoms with Gasteiger partial charge in [0.2, 0.25) is 0 Å². The molecule has 0 bridgehead atoms. The molecule has 0 radical (unpaired) electrons. The molecule has 0 atom stereocenters. The molecule has 2 rings (SSSR count). The van der Waals surface area contributed by atoms with Crippen molar-refractivity contribution in [1.82, 2.24) is 19.7 Å². The van der Waals surface area contributed by atoms with E-state index in [4.69, 9.17) is 0 Å². The molecule has 0 fully saturated rings. The quantitative estimate of drug-likeness (QED) is 0.714. The third-order valence-corrected chi connectivity index (χ3v) is 2.01. The Hall–Kier alpha value is -1.71. The first-order valence-corrected chi connectivity index (χ1v) is 4.52. The zero-order valence-corrected chi connectivity index (χ0v) is 8.31. The molecule has 14 heavy (non-hydrogen) atoms. The molecule has 72 valence electrons. The second-order valence-corrected chi connectivity index (χ2v) is 3.25. The molecule has 0 saturated carbocycles. The van der Waals surface area contributed by atoms with E-state index in [1.54, 1.807) is 12.4 Å². The largest absolute Gasteiger partial charge is 0.262 e. The number of nitrogens with zero attached hydrogens (tertiary/aromatic N) is 4. The van der Waals surface area contributed by atoms with Crippen LogP contribution in [-0.4, -0.2) is 19.7 Å². The van der Waals surface area contributed by atoms with Crippen LogP contribution in [0.15, 0.2) is 24.5 Å². The van der Waals surface area contributed by atoms with Crippen LogP contribution in [0.3, 0.4) is 0 Å². The topological polar surface area (TPSA) is 43.6 Å². The van der Waals surface area contributed by atoms with E-state index < -0.39 is 0 Å². The van der Waals surface area contributed by atoms with Crippen molar-refractivity contribution < 1.29 is 0 Å². The average molecular weight is 188 g/mol. The number of hydrogen-bond acceptors (Lipinski definition) is 3. The van der Waals surface area contributed by atoms with Gasteiger partial charge in [-0.3, -0.25) is 4.68 Å². The van der Waals surface area contributed by atoms with Crippen LogP contribution in [0.25, 0.3) is 0 Å². The van der Waals surface area contributed by atoms with Crippen molar-refractivity contribution in [2.45, 2.75) is 20.4 Å². The predicted molar refractivity (Wildman–Crippen MR) is 52.8 cm³/mol. The minimum atomic E-state index is 0.639. The van der Waals surface area contributed by atoms with Crippen LogP contribution in [-0.2, 0) is 6.54 Å². The van der Waals surface area contributed by atoms with Gasteiger partial charge < -0.3 is 0 Å². The van der Waals surface area contributed by atoms with E-state index >= 15 is 0 Å². The molecule has 4 heteroatoms. The first-order chi connectivity index (χ1) is 6.75. The first kappa shape index (κ1) is 8.87. The van der Waals surface area contributed by atoms with Crippen molar-refractivity contribution in [3.63, 3.8) is 0 Å². The van der Waals surface area contributed by atoms with Crippen LogP contribution < -0.4 is 0 Å². The van der Waals surface area contributed by atoms with Crippen LogP contribution in [0.4, 0.5) is 0 Å². The number of hydrogen-bond donors (Lipinski definition) is 0. The number of aromatic nitrogens is 4. The van der Waals surface area contributed by atoms with Crippen LogP contribution in [0, 0.1) is 13.8 Å². The van der Waals surface area contributed by atoms with Gasteiger partial charge in [-0.2, -0.15) is 5.10 Å². The molecular formula is C10H12N4. The molecule has 0 aromatic carbocycles. The molecule has 0 amide bonds. The normalized spacial score (nSPS) is 10.4. The van der Waals surface area contributed by atoms with Crippen molar-refractivity contribution in [3.05, 3.63) is 41.7 Å². The summed E-state index contributed by atoms with van der Waals surface area (Å²) in [5, 5.41) is 4.34. The van der Waals surface area contributed by atoms with Crippen molar-refractivity contribution in [3.8, 4) is 0 Å². The number of aryl methyl sites for hydroxylation is 2. The highest BCUT2D eigenvalue weighted by molar-refractivity contribution is 5.07. The van der Waals surface area contributed by atoms with Gasteiger partial charge in [-0.15, -0.1) is 0 Å². The average Bonchev–Trinajstić information content (AvgIpc) is 2.47. The summed E-state index contributed by atoms with van der Waals surface area (Å²) in [5.74, 6) is 0.790. The summed E-state index contributed by atoms with van der Waals surface area (Å²) in [6.45, 7) is 4.65. The lowest BCUT2D eigenvalue weighted by Crippen LogP contribution is -2.06. The van der Waals surface area contributed by atoms with Gasteiger partial charge >= 0.3 is 0 Å². The maximum Gasteiger partial charge on any atom is 0.149 e. The lowest BCUT2D eigenvalue weighted by atomic mass is 10.4. The molecule has 2 heterocycles. The van der Waals surface area contributed by atoms with E-state index in [0.29, 0.717) is 6.54 Å². The smallest absolute Gasteiger partial charge is 0.149 e. The van der Waals surface area contributed by atoms with Crippen LogP contribution >= 0.6 is 0 Å². The Morgan fingerprint density at radius 3 is 2.50 bits per heavy atom. The van der Waals surface area contributed by atoms with Crippen molar-refractivity contribution >= 4 is 0 Å². The van der Waals surface area contributed by atoms with Gasteiger partial charge in [-0.05, 0) is 26.0 Å². The fourth-order valence-electron chi connectivity index (χ4n) is 1.38. The third-order valence-electron chi connectivity index (χ3n) is 2.01. The zero-order chi connectivity index (χ0) is 9.97. The minimum absolute atomic E-state index is 0.639. The monoisotopic (exact) mass is 188 g/mol. The zero-order valence-electron chi connectivity index (χ0n) is 8.31. The Morgan fingerprint density at radius 1 is 1.21 bits per heavy atom.